The maximum atomic E-state index is 11.0. The van der Waals surface area contributed by atoms with Crippen LogP contribution in [0.25, 0.3) is 0 Å². The van der Waals surface area contributed by atoms with Gasteiger partial charge in [0.05, 0.1) is 12.6 Å². The van der Waals surface area contributed by atoms with Gasteiger partial charge in [-0.05, 0) is 25.3 Å². The molecular weight excluding hydrogens is 176 g/mol. The van der Waals surface area contributed by atoms with Gasteiger partial charge < -0.3 is 4.74 Å². The highest BCUT2D eigenvalue weighted by Crippen LogP contribution is 2.05. The largest absolute Gasteiger partial charge is 0.468 e. The summed E-state index contributed by atoms with van der Waals surface area (Å²) in [7, 11) is 0. The summed E-state index contributed by atoms with van der Waals surface area (Å²) in [6.07, 6.45) is -0.387. The van der Waals surface area contributed by atoms with Gasteiger partial charge in [0.1, 0.15) is 0 Å². The van der Waals surface area contributed by atoms with Crippen LogP contribution in [0.3, 0.4) is 0 Å². The Morgan fingerprint density at radius 2 is 2.15 bits per heavy atom. The van der Waals surface area contributed by atoms with Gasteiger partial charge >= 0.3 is 6.09 Å². The smallest absolute Gasteiger partial charge is 0.446 e. The van der Waals surface area contributed by atoms with Crippen LogP contribution in [0.1, 0.15) is 27.2 Å². The summed E-state index contributed by atoms with van der Waals surface area (Å²) >= 11 is 0. The Labute approximate surface area is 76.6 Å². The molecule has 0 aromatic heterocycles. The van der Waals surface area contributed by atoms with Crippen LogP contribution in [-0.2, 0) is 4.74 Å². The minimum atomic E-state index is -0.901. The van der Waals surface area contributed by atoms with Crippen molar-refractivity contribution in [2.45, 2.75) is 33.2 Å². The molecule has 6 heteroatoms. The van der Waals surface area contributed by atoms with Gasteiger partial charge in [0.15, 0.2) is 5.03 Å². The standard InChI is InChI=1S/C7H14N2O4/c1-4-6(3)8(9(11)12)7(10)13-5-2/h6H,4-5H2,1-3H3. The molecule has 0 aromatic carbocycles. The van der Waals surface area contributed by atoms with Crippen LogP contribution >= 0.6 is 0 Å². The lowest BCUT2D eigenvalue weighted by atomic mass is 10.2. The SMILES string of the molecule is CCOC(=O)N(C(C)CC)[N+](=O)[O-]. The van der Waals surface area contributed by atoms with E-state index in [1.54, 1.807) is 20.8 Å². The van der Waals surface area contributed by atoms with E-state index in [2.05, 4.69) is 4.74 Å². The average molecular weight is 190 g/mol. The lowest BCUT2D eigenvalue weighted by molar-refractivity contribution is -0.643. The van der Waals surface area contributed by atoms with E-state index in [1.807, 2.05) is 0 Å². The van der Waals surface area contributed by atoms with Gasteiger partial charge in [-0.3, -0.25) is 0 Å². The summed E-state index contributed by atoms with van der Waals surface area (Å²) < 4.78 is 4.53. The predicted octanol–water partition coefficient (Wildman–Crippen LogP) is 1.44. The number of hydrogen-bond acceptors (Lipinski definition) is 4. The molecule has 0 N–H and O–H groups in total. The van der Waals surface area contributed by atoms with Crippen molar-refractivity contribution in [2.75, 3.05) is 6.61 Å². The molecule has 0 aliphatic carbocycles. The second-order valence-corrected chi connectivity index (χ2v) is 2.54. The van der Waals surface area contributed by atoms with Crippen molar-refractivity contribution < 1.29 is 14.6 Å². The molecule has 0 radical (unpaired) electrons. The van der Waals surface area contributed by atoms with Crippen molar-refractivity contribution in [1.82, 2.24) is 5.01 Å². The lowest BCUT2D eigenvalue weighted by Crippen LogP contribution is -2.42. The summed E-state index contributed by atoms with van der Waals surface area (Å²) in [6, 6.07) is -0.450. The van der Waals surface area contributed by atoms with Crippen molar-refractivity contribution in [3.8, 4) is 0 Å². The third kappa shape index (κ3) is 3.27. The molecule has 0 spiro atoms. The number of nitrogens with zero attached hydrogens (tertiary/aromatic N) is 2. The van der Waals surface area contributed by atoms with E-state index in [0.29, 0.717) is 11.4 Å². The molecule has 0 aliphatic rings. The highest BCUT2D eigenvalue weighted by Gasteiger charge is 2.30. The van der Waals surface area contributed by atoms with E-state index < -0.39 is 17.2 Å². The molecule has 0 bridgehead atoms. The topological polar surface area (TPSA) is 72.7 Å². The molecule has 0 saturated heterocycles. The fourth-order valence-electron chi connectivity index (χ4n) is 0.770. The molecule has 1 unspecified atom stereocenters. The third-order valence-electron chi connectivity index (χ3n) is 1.64. The summed E-state index contributed by atoms with van der Waals surface area (Å²) in [4.78, 5) is 21.5. The van der Waals surface area contributed by atoms with Gasteiger partial charge in [-0.1, -0.05) is 6.92 Å². The van der Waals surface area contributed by atoms with E-state index >= 15 is 0 Å². The lowest BCUT2D eigenvalue weighted by Gasteiger charge is -2.16. The second kappa shape index (κ2) is 5.34. The third-order valence-corrected chi connectivity index (χ3v) is 1.64. The maximum absolute atomic E-state index is 11.0. The first-order valence-electron chi connectivity index (χ1n) is 4.14. The van der Waals surface area contributed by atoms with Gasteiger partial charge in [0.25, 0.3) is 0 Å². The van der Waals surface area contributed by atoms with Crippen LogP contribution in [0.15, 0.2) is 0 Å². The molecule has 1 atom stereocenters. The van der Waals surface area contributed by atoms with Crippen LogP contribution in [-0.4, -0.2) is 28.8 Å². The van der Waals surface area contributed by atoms with Crippen molar-refractivity contribution >= 4 is 6.09 Å². The number of nitro groups is 1. The number of amides is 1. The minimum Gasteiger partial charge on any atom is -0.446 e. The molecule has 0 heterocycles. The summed E-state index contributed by atoms with van der Waals surface area (Å²) in [5.74, 6) is 0. The van der Waals surface area contributed by atoms with E-state index in [9.17, 15) is 14.9 Å². The molecule has 6 nitrogen and oxygen atoms in total. The molecule has 1 amide bonds. The zero-order chi connectivity index (χ0) is 10.4. The van der Waals surface area contributed by atoms with E-state index in [-0.39, 0.29) is 6.61 Å². The normalized spacial score (nSPS) is 11.9. The molecule has 0 rings (SSSR count). The van der Waals surface area contributed by atoms with Crippen LogP contribution in [0.4, 0.5) is 4.79 Å². The van der Waals surface area contributed by atoms with E-state index in [0.717, 1.165) is 0 Å². The molecule has 76 valence electrons. The summed E-state index contributed by atoms with van der Waals surface area (Å²) in [6.45, 7) is 5.10. The number of hydrogen-bond donors (Lipinski definition) is 0. The maximum Gasteiger partial charge on any atom is 0.468 e. The molecule has 0 saturated carbocycles. The van der Waals surface area contributed by atoms with E-state index in [1.165, 1.54) is 0 Å². The molecule has 13 heavy (non-hydrogen) atoms. The van der Waals surface area contributed by atoms with Crippen molar-refractivity contribution in [1.29, 1.82) is 0 Å². The van der Waals surface area contributed by atoms with Gasteiger partial charge in [-0.25, -0.2) is 14.9 Å². The van der Waals surface area contributed by atoms with Crippen molar-refractivity contribution in [2.24, 2.45) is 0 Å². The highest BCUT2D eigenvalue weighted by molar-refractivity contribution is 5.66. The fraction of sp³-hybridized carbons (Fsp3) is 0.857. The van der Waals surface area contributed by atoms with Crippen LogP contribution in [0, 0.1) is 10.1 Å². The Morgan fingerprint density at radius 3 is 2.46 bits per heavy atom. The molecular formula is C7H14N2O4. The highest BCUT2D eigenvalue weighted by atomic mass is 16.7. The van der Waals surface area contributed by atoms with Gasteiger partial charge in [0.2, 0.25) is 0 Å². The Kier molecular flexibility index (Phi) is 4.79. The van der Waals surface area contributed by atoms with Crippen molar-refractivity contribution in [3.63, 3.8) is 0 Å². The van der Waals surface area contributed by atoms with Crippen LogP contribution in [0.5, 0.6) is 0 Å². The first kappa shape index (κ1) is 11.7. The quantitative estimate of drug-likeness (QED) is 0.496. The second-order valence-electron chi connectivity index (χ2n) is 2.54. The number of hydrazine groups is 1. The molecule has 0 aromatic rings. The number of rotatable bonds is 4. The summed E-state index contributed by atoms with van der Waals surface area (Å²) in [5.41, 5.74) is 0. The van der Waals surface area contributed by atoms with Crippen LogP contribution in [0.2, 0.25) is 0 Å². The first-order chi connectivity index (χ1) is 6.04. The van der Waals surface area contributed by atoms with E-state index in [4.69, 9.17) is 0 Å². The number of carbonyl (C=O) groups excluding carboxylic acids is 1. The number of carbonyl (C=O) groups is 1. The zero-order valence-electron chi connectivity index (χ0n) is 8.02. The fourth-order valence-corrected chi connectivity index (χ4v) is 0.770. The Bertz CT molecular complexity index is 195. The minimum absolute atomic E-state index is 0.138. The Balaban J connectivity index is 4.41. The molecule has 0 aliphatic heterocycles. The number of ether oxygens (including phenoxy) is 1. The van der Waals surface area contributed by atoms with Gasteiger partial charge in [-0.15, -0.1) is 0 Å². The Hall–Kier alpha value is -1.33. The monoisotopic (exact) mass is 190 g/mol. The van der Waals surface area contributed by atoms with Gasteiger partial charge in [-0.2, -0.15) is 0 Å². The Morgan fingerprint density at radius 1 is 1.62 bits per heavy atom. The van der Waals surface area contributed by atoms with Gasteiger partial charge in [0, 0.05) is 0 Å². The first-order valence-corrected chi connectivity index (χ1v) is 4.14. The zero-order valence-corrected chi connectivity index (χ0v) is 8.02. The summed E-state index contributed by atoms with van der Waals surface area (Å²) in [5, 5.41) is 10.2. The van der Waals surface area contributed by atoms with Crippen LogP contribution < -0.4 is 0 Å². The van der Waals surface area contributed by atoms with Crippen molar-refractivity contribution in [3.05, 3.63) is 10.1 Å². The average Bonchev–Trinajstić information content (AvgIpc) is 2.04. The molecule has 0 fully saturated rings. The predicted molar refractivity (Wildman–Crippen MR) is 45.6 cm³/mol.